The fourth-order valence-corrected chi connectivity index (χ4v) is 1.77. The van der Waals surface area contributed by atoms with Crippen molar-refractivity contribution in [3.63, 3.8) is 0 Å². The lowest BCUT2D eigenvalue weighted by Crippen LogP contribution is -2.14. The molecule has 2 heteroatoms. The molecule has 1 aromatic heterocycles. The number of carbonyl (C=O) groups is 1. The van der Waals surface area contributed by atoms with E-state index < -0.39 is 0 Å². The number of hydrogen-bond acceptors (Lipinski definition) is 2. The predicted molar refractivity (Wildman–Crippen MR) is 49.7 cm³/mol. The van der Waals surface area contributed by atoms with Crippen LogP contribution in [-0.2, 0) is 0 Å². The van der Waals surface area contributed by atoms with E-state index in [-0.39, 0.29) is 11.2 Å². The van der Waals surface area contributed by atoms with E-state index in [0.717, 1.165) is 30.4 Å². The Morgan fingerprint density at radius 1 is 1.54 bits per heavy atom. The maximum absolute atomic E-state index is 12.0. The maximum Gasteiger partial charge on any atom is 0.172 e. The predicted octanol–water partition coefficient (Wildman–Crippen LogP) is 2.96. The van der Waals surface area contributed by atoms with Crippen LogP contribution in [0, 0.1) is 12.3 Å². The molecule has 0 N–H and O–H groups in total. The first-order valence-corrected chi connectivity index (χ1v) is 4.77. The van der Waals surface area contributed by atoms with Crippen molar-refractivity contribution in [2.75, 3.05) is 0 Å². The minimum atomic E-state index is -0.0331. The molecular formula is C11H14O2. The van der Waals surface area contributed by atoms with Crippen molar-refractivity contribution in [2.45, 2.75) is 33.1 Å². The van der Waals surface area contributed by atoms with Crippen LogP contribution >= 0.6 is 0 Å². The Hall–Kier alpha value is -1.05. The third-order valence-corrected chi connectivity index (χ3v) is 3.11. The van der Waals surface area contributed by atoms with Crippen LogP contribution in [0.3, 0.4) is 0 Å². The Balaban J connectivity index is 2.28. The van der Waals surface area contributed by atoms with Gasteiger partial charge in [-0.05, 0) is 31.7 Å². The van der Waals surface area contributed by atoms with Gasteiger partial charge in [0.2, 0.25) is 0 Å². The SMILES string of the molecule is CCC1(C(=O)c2cocc2C)CC1. The molecular weight excluding hydrogens is 164 g/mol. The van der Waals surface area contributed by atoms with Crippen molar-refractivity contribution in [1.82, 2.24) is 0 Å². The molecule has 0 bridgehead atoms. The van der Waals surface area contributed by atoms with Gasteiger partial charge in [-0.2, -0.15) is 0 Å². The Labute approximate surface area is 77.9 Å². The van der Waals surface area contributed by atoms with E-state index in [2.05, 4.69) is 6.92 Å². The number of aryl methyl sites for hydroxylation is 1. The van der Waals surface area contributed by atoms with Gasteiger partial charge >= 0.3 is 0 Å². The summed E-state index contributed by atoms with van der Waals surface area (Å²) in [5.41, 5.74) is 1.71. The topological polar surface area (TPSA) is 30.2 Å². The molecule has 2 nitrogen and oxygen atoms in total. The molecule has 1 aromatic rings. The van der Waals surface area contributed by atoms with Crippen LogP contribution in [0.2, 0.25) is 0 Å². The Morgan fingerprint density at radius 2 is 2.23 bits per heavy atom. The summed E-state index contributed by atoms with van der Waals surface area (Å²) in [4.78, 5) is 12.0. The third-order valence-electron chi connectivity index (χ3n) is 3.11. The van der Waals surface area contributed by atoms with Crippen molar-refractivity contribution in [2.24, 2.45) is 5.41 Å². The molecule has 0 aliphatic heterocycles. The normalized spacial score (nSPS) is 18.6. The van der Waals surface area contributed by atoms with Gasteiger partial charge < -0.3 is 4.42 Å². The van der Waals surface area contributed by atoms with Gasteiger partial charge in [-0.15, -0.1) is 0 Å². The Kier molecular flexibility index (Phi) is 1.79. The van der Waals surface area contributed by atoms with E-state index in [1.807, 2.05) is 6.92 Å². The highest BCUT2D eigenvalue weighted by molar-refractivity contribution is 6.03. The van der Waals surface area contributed by atoms with Gasteiger partial charge in [0, 0.05) is 5.41 Å². The quantitative estimate of drug-likeness (QED) is 0.666. The molecule has 0 amide bonds. The second-order valence-electron chi connectivity index (χ2n) is 3.93. The zero-order valence-corrected chi connectivity index (χ0v) is 8.09. The highest BCUT2D eigenvalue weighted by Gasteiger charge is 2.48. The fraction of sp³-hybridized carbons (Fsp3) is 0.545. The summed E-state index contributed by atoms with van der Waals surface area (Å²) in [7, 11) is 0. The van der Waals surface area contributed by atoms with Crippen LogP contribution in [0.25, 0.3) is 0 Å². The largest absolute Gasteiger partial charge is 0.472 e. The zero-order chi connectivity index (χ0) is 9.47. The molecule has 0 atom stereocenters. The molecule has 0 radical (unpaired) electrons. The van der Waals surface area contributed by atoms with E-state index in [1.54, 1.807) is 12.5 Å². The molecule has 13 heavy (non-hydrogen) atoms. The summed E-state index contributed by atoms with van der Waals surface area (Å²) in [5.74, 6) is 0.279. The fourth-order valence-electron chi connectivity index (χ4n) is 1.77. The van der Waals surface area contributed by atoms with Gasteiger partial charge in [-0.25, -0.2) is 0 Å². The lowest BCUT2D eigenvalue weighted by Gasteiger charge is -2.09. The molecule has 0 aromatic carbocycles. The lowest BCUT2D eigenvalue weighted by atomic mass is 9.92. The van der Waals surface area contributed by atoms with E-state index in [0.29, 0.717) is 0 Å². The minimum absolute atomic E-state index is 0.0331. The van der Waals surface area contributed by atoms with Crippen LogP contribution in [0.4, 0.5) is 0 Å². The summed E-state index contributed by atoms with van der Waals surface area (Å²) >= 11 is 0. The van der Waals surface area contributed by atoms with Gasteiger partial charge in [0.05, 0.1) is 11.8 Å². The summed E-state index contributed by atoms with van der Waals surface area (Å²) in [6.45, 7) is 4.00. The summed E-state index contributed by atoms with van der Waals surface area (Å²) in [5, 5.41) is 0. The number of ketones is 1. The van der Waals surface area contributed by atoms with Crippen molar-refractivity contribution < 1.29 is 9.21 Å². The highest BCUT2D eigenvalue weighted by Crippen LogP contribution is 2.51. The molecule has 1 saturated carbocycles. The van der Waals surface area contributed by atoms with Crippen molar-refractivity contribution in [3.8, 4) is 0 Å². The molecule has 0 saturated heterocycles. The van der Waals surface area contributed by atoms with E-state index in [9.17, 15) is 4.79 Å². The smallest absolute Gasteiger partial charge is 0.172 e. The molecule has 1 aliphatic carbocycles. The van der Waals surface area contributed by atoms with Gasteiger partial charge in [0.1, 0.15) is 6.26 Å². The van der Waals surface area contributed by atoms with Crippen LogP contribution in [0.5, 0.6) is 0 Å². The maximum atomic E-state index is 12.0. The first-order chi connectivity index (χ1) is 6.19. The molecule has 1 aliphatic rings. The van der Waals surface area contributed by atoms with E-state index in [4.69, 9.17) is 4.42 Å². The van der Waals surface area contributed by atoms with Gasteiger partial charge in [-0.3, -0.25) is 4.79 Å². The molecule has 0 spiro atoms. The van der Waals surface area contributed by atoms with Crippen molar-refractivity contribution in [1.29, 1.82) is 0 Å². The average Bonchev–Trinajstić information content (AvgIpc) is 2.83. The van der Waals surface area contributed by atoms with Crippen LogP contribution in [-0.4, -0.2) is 5.78 Å². The summed E-state index contributed by atoms with van der Waals surface area (Å²) in [6.07, 6.45) is 6.27. The highest BCUT2D eigenvalue weighted by atomic mass is 16.3. The number of hydrogen-bond donors (Lipinski definition) is 0. The van der Waals surface area contributed by atoms with Crippen molar-refractivity contribution in [3.05, 3.63) is 23.7 Å². The van der Waals surface area contributed by atoms with Crippen molar-refractivity contribution >= 4 is 5.78 Å². The molecule has 0 unspecified atom stereocenters. The second-order valence-corrected chi connectivity index (χ2v) is 3.93. The van der Waals surface area contributed by atoms with Crippen LogP contribution < -0.4 is 0 Å². The third kappa shape index (κ3) is 1.21. The zero-order valence-electron chi connectivity index (χ0n) is 8.09. The number of rotatable bonds is 3. The molecule has 2 rings (SSSR count). The van der Waals surface area contributed by atoms with Gasteiger partial charge in [0.15, 0.2) is 5.78 Å². The summed E-state index contributed by atoms with van der Waals surface area (Å²) in [6, 6.07) is 0. The van der Waals surface area contributed by atoms with E-state index >= 15 is 0 Å². The first-order valence-electron chi connectivity index (χ1n) is 4.77. The molecule has 70 valence electrons. The second kappa shape index (κ2) is 2.72. The van der Waals surface area contributed by atoms with Gasteiger partial charge in [-0.1, -0.05) is 6.92 Å². The Morgan fingerprint density at radius 3 is 2.62 bits per heavy atom. The molecule has 1 heterocycles. The average molecular weight is 178 g/mol. The minimum Gasteiger partial charge on any atom is -0.472 e. The number of carbonyl (C=O) groups excluding carboxylic acids is 1. The molecule has 1 fully saturated rings. The number of Topliss-reactive ketones (excluding diaryl/α,β-unsaturated/α-hetero) is 1. The standard InChI is InChI=1S/C11H14O2/c1-3-11(4-5-11)10(12)9-7-13-6-8(9)2/h6-7H,3-5H2,1-2H3. The van der Waals surface area contributed by atoms with Gasteiger partial charge in [0.25, 0.3) is 0 Å². The van der Waals surface area contributed by atoms with E-state index in [1.165, 1.54) is 0 Å². The number of furan rings is 1. The first kappa shape index (κ1) is 8.54. The summed E-state index contributed by atoms with van der Waals surface area (Å²) < 4.78 is 5.01. The van der Waals surface area contributed by atoms with Crippen LogP contribution in [0.1, 0.15) is 42.1 Å². The van der Waals surface area contributed by atoms with Crippen LogP contribution in [0.15, 0.2) is 16.9 Å². The monoisotopic (exact) mass is 178 g/mol. The lowest BCUT2D eigenvalue weighted by molar-refractivity contribution is 0.0895. The Bertz CT molecular complexity index is 332.